The van der Waals surface area contributed by atoms with E-state index < -0.39 is 5.91 Å². The smallest absolute Gasteiger partial charge is 0.266 e. The van der Waals surface area contributed by atoms with Crippen LogP contribution < -0.4 is 10.2 Å². The third-order valence-electron chi connectivity index (χ3n) is 3.50. The van der Waals surface area contributed by atoms with Crippen molar-refractivity contribution in [2.45, 2.75) is 13.1 Å². The van der Waals surface area contributed by atoms with Crippen LogP contribution in [0.5, 0.6) is 0 Å². The minimum Gasteiger partial charge on any atom is -0.326 e. The third-order valence-corrected chi connectivity index (χ3v) is 4.87. The second-order valence-electron chi connectivity index (χ2n) is 4.86. The van der Waals surface area contributed by atoms with E-state index in [9.17, 15) is 10.1 Å². The predicted octanol–water partition coefficient (Wildman–Crippen LogP) is 3.36. The molecule has 2 aromatic rings. The molecule has 110 valence electrons. The summed E-state index contributed by atoms with van der Waals surface area (Å²) < 4.78 is 0. The Bertz CT molecular complexity index is 790. The molecule has 2 heterocycles. The summed E-state index contributed by atoms with van der Waals surface area (Å²) in [7, 11) is 0. The van der Waals surface area contributed by atoms with Gasteiger partial charge in [-0.3, -0.25) is 4.79 Å². The van der Waals surface area contributed by atoms with E-state index in [4.69, 9.17) is 0 Å². The van der Waals surface area contributed by atoms with Crippen LogP contribution >= 0.6 is 24.0 Å². The van der Waals surface area contributed by atoms with E-state index >= 15 is 0 Å². The van der Waals surface area contributed by atoms with Crippen molar-refractivity contribution in [1.82, 2.24) is 5.32 Å². The van der Waals surface area contributed by atoms with Gasteiger partial charge in [0.05, 0.1) is 5.03 Å². The second-order valence-corrected chi connectivity index (χ2v) is 6.26. The van der Waals surface area contributed by atoms with Gasteiger partial charge in [-0.05, 0) is 30.0 Å². The van der Waals surface area contributed by atoms with Gasteiger partial charge < -0.3 is 10.2 Å². The van der Waals surface area contributed by atoms with Crippen LogP contribution in [0.2, 0.25) is 0 Å². The average molecular weight is 327 g/mol. The van der Waals surface area contributed by atoms with Crippen molar-refractivity contribution in [1.29, 1.82) is 5.26 Å². The van der Waals surface area contributed by atoms with E-state index in [1.807, 2.05) is 59.7 Å². The zero-order chi connectivity index (χ0) is 15.7. The molecule has 1 aliphatic heterocycles. The Balaban J connectivity index is 2.19. The molecule has 1 N–H and O–H groups in total. The number of para-hydroxylation sites is 1. The minimum atomic E-state index is -0.393. The summed E-state index contributed by atoms with van der Waals surface area (Å²) in [6.07, 6.45) is -0.363. The van der Waals surface area contributed by atoms with E-state index in [-0.39, 0.29) is 11.7 Å². The molecular weight excluding hydrogens is 314 g/mol. The summed E-state index contributed by atoms with van der Waals surface area (Å²) in [5.74, 6) is -0.393. The number of nitriles is 1. The Morgan fingerprint density at radius 3 is 2.73 bits per heavy atom. The van der Waals surface area contributed by atoms with Gasteiger partial charge in [0.2, 0.25) is 0 Å². The van der Waals surface area contributed by atoms with Crippen LogP contribution in [0.15, 0.2) is 52.4 Å². The summed E-state index contributed by atoms with van der Waals surface area (Å²) in [5, 5.41) is 14.5. The van der Waals surface area contributed by atoms with Gasteiger partial charge >= 0.3 is 0 Å². The number of anilines is 1. The molecule has 0 spiro atoms. The molecule has 1 aromatic carbocycles. The van der Waals surface area contributed by atoms with E-state index in [2.05, 4.69) is 17.9 Å². The number of nitrogens with one attached hydrogen (secondary N) is 1. The quantitative estimate of drug-likeness (QED) is 0.832. The summed E-state index contributed by atoms with van der Waals surface area (Å²) >= 11 is 6.02. The number of carbonyl (C=O) groups excluding carboxylic acids is 1. The van der Waals surface area contributed by atoms with Crippen molar-refractivity contribution >= 4 is 35.6 Å². The number of nitrogens with zero attached hydrogens (tertiary/aromatic N) is 2. The molecule has 0 unspecified atom stereocenters. The van der Waals surface area contributed by atoms with Gasteiger partial charge in [-0.15, -0.1) is 24.0 Å². The summed E-state index contributed by atoms with van der Waals surface area (Å²) in [6, 6.07) is 13.7. The van der Waals surface area contributed by atoms with E-state index in [1.165, 1.54) is 0 Å². The number of hydrogen-bond donors (Lipinski definition) is 2. The SMILES string of the molecule is Cc1ccccc1N1C(S)=C(C#N)C(=O)N[C@@H]1c1cccs1. The highest BCUT2D eigenvalue weighted by molar-refractivity contribution is 7.84. The normalized spacial score (nSPS) is 18.1. The van der Waals surface area contributed by atoms with E-state index in [0.29, 0.717) is 5.03 Å². The zero-order valence-electron chi connectivity index (χ0n) is 11.8. The van der Waals surface area contributed by atoms with Crippen LogP contribution in [0.4, 0.5) is 5.69 Å². The van der Waals surface area contributed by atoms with Crippen LogP contribution in [0, 0.1) is 18.3 Å². The molecule has 0 fully saturated rings. The lowest BCUT2D eigenvalue weighted by atomic mass is 10.1. The predicted molar refractivity (Wildman–Crippen MR) is 90.5 cm³/mol. The maximum absolute atomic E-state index is 12.1. The maximum Gasteiger partial charge on any atom is 0.266 e. The first-order valence-corrected chi connectivity index (χ1v) is 7.98. The number of aryl methyl sites for hydroxylation is 1. The highest BCUT2D eigenvalue weighted by atomic mass is 32.1. The molecule has 0 saturated carbocycles. The van der Waals surface area contributed by atoms with Crippen LogP contribution in [0.3, 0.4) is 0 Å². The lowest BCUT2D eigenvalue weighted by Crippen LogP contribution is -2.45. The molecule has 0 aliphatic carbocycles. The number of thiophene rings is 1. The number of carbonyl (C=O) groups is 1. The van der Waals surface area contributed by atoms with Gasteiger partial charge in [-0.1, -0.05) is 24.3 Å². The molecule has 1 amide bonds. The maximum atomic E-state index is 12.1. The van der Waals surface area contributed by atoms with Crippen molar-refractivity contribution in [3.05, 3.63) is 62.8 Å². The summed E-state index contributed by atoms with van der Waals surface area (Å²) in [6.45, 7) is 1.99. The number of hydrogen-bond acceptors (Lipinski definition) is 5. The van der Waals surface area contributed by atoms with Crippen molar-refractivity contribution in [3.8, 4) is 6.07 Å². The Kier molecular flexibility index (Phi) is 3.92. The van der Waals surface area contributed by atoms with Crippen molar-refractivity contribution in [3.63, 3.8) is 0 Å². The summed E-state index contributed by atoms with van der Waals surface area (Å²) in [5.41, 5.74) is 1.99. The first-order chi connectivity index (χ1) is 10.6. The first kappa shape index (κ1) is 14.7. The molecular formula is C16H13N3OS2. The van der Waals surface area contributed by atoms with Crippen LogP contribution in [-0.2, 0) is 4.79 Å². The monoisotopic (exact) mass is 327 g/mol. The van der Waals surface area contributed by atoms with Gasteiger partial charge in [0, 0.05) is 10.6 Å². The van der Waals surface area contributed by atoms with Crippen molar-refractivity contribution in [2.75, 3.05) is 4.90 Å². The second kappa shape index (κ2) is 5.87. The lowest BCUT2D eigenvalue weighted by molar-refractivity contribution is -0.118. The molecule has 22 heavy (non-hydrogen) atoms. The average Bonchev–Trinajstić information content (AvgIpc) is 3.02. The fourth-order valence-electron chi connectivity index (χ4n) is 2.44. The van der Waals surface area contributed by atoms with Gasteiger partial charge in [0.25, 0.3) is 5.91 Å². The molecule has 1 aromatic heterocycles. The highest BCUT2D eigenvalue weighted by Crippen LogP contribution is 2.38. The lowest BCUT2D eigenvalue weighted by Gasteiger charge is -2.38. The fraction of sp³-hybridized carbons (Fsp3) is 0.125. The van der Waals surface area contributed by atoms with E-state index in [0.717, 1.165) is 16.1 Å². The molecule has 0 radical (unpaired) electrons. The van der Waals surface area contributed by atoms with Gasteiger partial charge in [-0.25, -0.2) is 0 Å². The number of benzene rings is 1. The molecule has 4 nitrogen and oxygen atoms in total. The Labute approximate surface area is 138 Å². The largest absolute Gasteiger partial charge is 0.326 e. The Morgan fingerprint density at radius 2 is 2.09 bits per heavy atom. The van der Waals surface area contributed by atoms with Crippen LogP contribution in [-0.4, -0.2) is 5.91 Å². The zero-order valence-corrected chi connectivity index (χ0v) is 13.5. The molecule has 6 heteroatoms. The Morgan fingerprint density at radius 1 is 1.32 bits per heavy atom. The number of amides is 1. The topological polar surface area (TPSA) is 56.1 Å². The van der Waals surface area contributed by atoms with Gasteiger partial charge in [-0.2, -0.15) is 5.26 Å². The fourth-order valence-corrected chi connectivity index (χ4v) is 3.58. The Hall–Kier alpha value is -2.23. The van der Waals surface area contributed by atoms with Gasteiger partial charge in [0.1, 0.15) is 17.8 Å². The number of thiol groups is 1. The molecule has 0 bridgehead atoms. The molecule has 1 atom stereocenters. The van der Waals surface area contributed by atoms with E-state index in [1.54, 1.807) is 11.3 Å². The number of rotatable bonds is 2. The standard InChI is InChI=1S/C16H13N3OS2/c1-10-5-2-3-6-12(10)19-14(13-7-4-8-22-13)18-15(20)11(9-17)16(19)21/h2-8,14,21H,1H3,(H,18,20)/t14-/m0/s1. The minimum absolute atomic E-state index is 0.0272. The van der Waals surface area contributed by atoms with Crippen molar-refractivity contribution < 1.29 is 4.79 Å². The van der Waals surface area contributed by atoms with Crippen LogP contribution in [0.25, 0.3) is 0 Å². The third kappa shape index (κ3) is 2.39. The first-order valence-electron chi connectivity index (χ1n) is 6.66. The molecule has 0 saturated heterocycles. The molecule has 1 aliphatic rings. The van der Waals surface area contributed by atoms with Crippen molar-refractivity contribution in [2.24, 2.45) is 0 Å². The summed E-state index contributed by atoms with van der Waals surface area (Å²) in [4.78, 5) is 15.0. The van der Waals surface area contributed by atoms with Gasteiger partial charge in [0.15, 0.2) is 0 Å². The highest BCUT2D eigenvalue weighted by Gasteiger charge is 2.34. The van der Waals surface area contributed by atoms with Crippen LogP contribution in [0.1, 0.15) is 16.6 Å². The molecule has 3 rings (SSSR count).